The van der Waals surface area contributed by atoms with Gasteiger partial charge >= 0.3 is 0 Å². The third-order valence-electron chi connectivity index (χ3n) is 4.12. The van der Waals surface area contributed by atoms with Crippen LogP contribution < -0.4 is 15.8 Å². The highest BCUT2D eigenvalue weighted by Crippen LogP contribution is 2.28. The van der Waals surface area contributed by atoms with Gasteiger partial charge in [0.25, 0.3) is 0 Å². The largest absolute Gasteiger partial charge is 0.457 e. The van der Waals surface area contributed by atoms with Gasteiger partial charge in [0.15, 0.2) is 5.96 Å². The number of guanidine groups is 1. The van der Waals surface area contributed by atoms with Crippen LogP contribution in [0, 0.1) is 6.92 Å². The van der Waals surface area contributed by atoms with E-state index in [2.05, 4.69) is 15.3 Å². The Morgan fingerprint density at radius 3 is 2.52 bits per heavy atom. The first kappa shape index (κ1) is 18.5. The van der Waals surface area contributed by atoms with E-state index in [0.29, 0.717) is 19.0 Å². The van der Waals surface area contributed by atoms with E-state index >= 15 is 0 Å². The molecular weight excluding hydrogens is 336 g/mol. The second-order valence-corrected chi connectivity index (χ2v) is 6.17. The van der Waals surface area contributed by atoms with Crippen LogP contribution in [-0.4, -0.2) is 17.5 Å². The average molecular weight is 360 g/mol. The molecule has 138 valence electrons. The van der Waals surface area contributed by atoms with Crippen LogP contribution in [0.2, 0.25) is 0 Å². The Hall–Kier alpha value is -3.34. The topological polar surface area (TPSA) is 72.5 Å². The Kier molecular flexibility index (Phi) is 6.41. The zero-order valence-corrected chi connectivity index (χ0v) is 15.4. The number of aryl methyl sites for hydroxylation is 1. The van der Waals surface area contributed by atoms with Gasteiger partial charge in [-0.2, -0.15) is 0 Å². The van der Waals surface area contributed by atoms with E-state index in [1.54, 1.807) is 6.20 Å². The van der Waals surface area contributed by atoms with Crippen LogP contribution in [0.1, 0.15) is 16.8 Å². The molecule has 0 saturated heterocycles. The summed E-state index contributed by atoms with van der Waals surface area (Å²) in [6.45, 7) is 3.16. The number of nitrogens with zero attached hydrogens (tertiary/aromatic N) is 2. The lowest BCUT2D eigenvalue weighted by Gasteiger charge is -2.12. The molecule has 2 aromatic carbocycles. The van der Waals surface area contributed by atoms with E-state index in [1.165, 1.54) is 0 Å². The first-order valence-electron chi connectivity index (χ1n) is 8.97. The maximum Gasteiger partial charge on any atom is 0.188 e. The molecule has 0 saturated carbocycles. The molecule has 0 amide bonds. The standard InChI is InChI=1S/C22H24N4O/c1-17-8-2-4-11-20(17)27-21-12-5-3-9-18(21)16-26-22(23)25-15-13-19-10-6-7-14-24-19/h2-12,14H,13,15-16H2,1H3,(H3,23,25,26). The lowest BCUT2D eigenvalue weighted by Crippen LogP contribution is -2.33. The summed E-state index contributed by atoms with van der Waals surface area (Å²) in [5, 5.41) is 3.13. The SMILES string of the molecule is Cc1ccccc1Oc1ccccc1CN=C(N)NCCc1ccccn1. The van der Waals surface area contributed by atoms with Gasteiger partial charge in [0, 0.05) is 30.4 Å². The van der Waals surface area contributed by atoms with Gasteiger partial charge in [-0.25, -0.2) is 4.99 Å². The first-order chi connectivity index (χ1) is 13.2. The number of aliphatic imine (C=N–C) groups is 1. The Balaban J connectivity index is 1.58. The van der Waals surface area contributed by atoms with Crippen molar-refractivity contribution in [2.75, 3.05) is 6.54 Å². The van der Waals surface area contributed by atoms with E-state index in [-0.39, 0.29) is 0 Å². The smallest absolute Gasteiger partial charge is 0.188 e. The minimum atomic E-state index is 0.414. The number of hydrogen-bond donors (Lipinski definition) is 2. The van der Waals surface area contributed by atoms with E-state index < -0.39 is 0 Å². The lowest BCUT2D eigenvalue weighted by molar-refractivity contribution is 0.473. The summed E-state index contributed by atoms with van der Waals surface area (Å²) < 4.78 is 6.07. The van der Waals surface area contributed by atoms with Crippen LogP contribution in [0.15, 0.2) is 77.9 Å². The normalized spacial score (nSPS) is 11.2. The van der Waals surface area contributed by atoms with E-state index in [1.807, 2.05) is 73.7 Å². The summed E-state index contributed by atoms with van der Waals surface area (Å²) in [7, 11) is 0. The fourth-order valence-corrected chi connectivity index (χ4v) is 2.61. The molecule has 5 nitrogen and oxygen atoms in total. The van der Waals surface area contributed by atoms with Crippen molar-refractivity contribution in [1.29, 1.82) is 0 Å². The Bertz CT molecular complexity index is 894. The molecule has 5 heteroatoms. The third-order valence-corrected chi connectivity index (χ3v) is 4.12. The van der Waals surface area contributed by atoms with Gasteiger partial charge < -0.3 is 15.8 Å². The van der Waals surface area contributed by atoms with E-state index in [4.69, 9.17) is 10.5 Å². The van der Waals surface area contributed by atoms with Crippen molar-refractivity contribution in [1.82, 2.24) is 10.3 Å². The van der Waals surface area contributed by atoms with Crippen LogP contribution in [0.5, 0.6) is 11.5 Å². The maximum absolute atomic E-state index is 6.07. The zero-order chi connectivity index (χ0) is 18.9. The highest BCUT2D eigenvalue weighted by atomic mass is 16.5. The van der Waals surface area contributed by atoms with Gasteiger partial charge in [-0.3, -0.25) is 4.98 Å². The molecule has 3 N–H and O–H groups in total. The minimum Gasteiger partial charge on any atom is -0.457 e. The second-order valence-electron chi connectivity index (χ2n) is 6.17. The summed E-state index contributed by atoms with van der Waals surface area (Å²) in [5.41, 5.74) is 9.08. The number of benzene rings is 2. The van der Waals surface area contributed by atoms with Crippen LogP contribution in [0.25, 0.3) is 0 Å². The number of hydrogen-bond acceptors (Lipinski definition) is 3. The molecule has 1 heterocycles. The summed E-state index contributed by atoms with van der Waals surface area (Å²) in [6, 6.07) is 21.7. The molecule has 0 atom stereocenters. The molecule has 0 aliphatic heterocycles. The number of ether oxygens (including phenoxy) is 1. The summed E-state index contributed by atoms with van der Waals surface area (Å²) in [4.78, 5) is 8.72. The number of nitrogens with one attached hydrogen (secondary N) is 1. The van der Waals surface area contributed by atoms with Gasteiger partial charge in [0.1, 0.15) is 11.5 Å². The van der Waals surface area contributed by atoms with Gasteiger partial charge in [0.05, 0.1) is 6.54 Å². The minimum absolute atomic E-state index is 0.414. The maximum atomic E-state index is 6.07. The van der Waals surface area contributed by atoms with Crippen LogP contribution in [0.3, 0.4) is 0 Å². The fraction of sp³-hybridized carbons (Fsp3) is 0.182. The molecule has 0 bridgehead atoms. The van der Waals surface area contributed by atoms with Crippen molar-refractivity contribution in [3.05, 3.63) is 89.7 Å². The number of para-hydroxylation sites is 2. The third kappa shape index (κ3) is 5.57. The number of rotatable bonds is 7. The van der Waals surface area contributed by atoms with Crippen molar-refractivity contribution in [3.63, 3.8) is 0 Å². The van der Waals surface area contributed by atoms with Crippen molar-refractivity contribution in [2.24, 2.45) is 10.7 Å². The van der Waals surface area contributed by atoms with Crippen molar-refractivity contribution in [2.45, 2.75) is 19.9 Å². The molecule has 3 rings (SSSR count). The monoisotopic (exact) mass is 360 g/mol. The molecule has 27 heavy (non-hydrogen) atoms. The summed E-state index contributed by atoms with van der Waals surface area (Å²) in [6.07, 6.45) is 2.59. The van der Waals surface area contributed by atoms with Crippen LogP contribution in [0.4, 0.5) is 0 Å². The van der Waals surface area contributed by atoms with Crippen LogP contribution in [-0.2, 0) is 13.0 Å². The van der Waals surface area contributed by atoms with Crippen molar-refractivity contribution in [3.8, 4) is 11.5 Å². The quantitative estimate of drug-likeness (QED) is 0.496. The molecule has 1 aromatic heterocycles. The average Bonchev–Trinajstić information content (AvgIpc) is 2.70. The van der Waals surface area contributed by atoms with E-state index in [9.17, 15) is 0 Å². The first-order valence-corrected chi connectivity index (χ1v) is 8.97. The second kappa shape index (κ2) is 9.38. The molecule has 0 aliphatic carbocycles. The Labute approximate surface area is 159 Å². The Morgan fingerprint density at radius 1 is 1.00 bits per heavy atom. The van der Waals surface area contributed by atoms with E-state index in [0.717, 1.165) is 34.7 Å². The van der Waals surface area contributed by atoms with Gasteiger partial charge in [-0.05, 0) is 36.8 Å². The molecule has 0 unspecified atom stereocenters. The predicted molar refractivity (Wildman–Crippen MR) is 109 cm³/mol. The van der Waals surface area contributed by atoms with Gasteiger partial charge in [-0.15, -0.1) is 0 Å². The molecule has 3 aromatic rings. The van der Waals surface area contributed by atoms with Crippen molar-refractivity contribution < 1.29 is 4.74 Å². The Morgan fingerprint density at radius 2 is 1.74 bits per heavy atom. The van der Waals surface area contributed by atoms with Gasteiger partial charge in [0.2, 0.25) is 0 Å². The molecule has 0 spiro atoms. The highest BCUT2D eigenvalue weighted by molar-refractivity contribution is 5.77. The van der Waals surface area contributed by atoms with Crippen molar-refractivity contribution >= 4 is 5.96 Å². The highest BCUT2D eigenvalue weighted by Gasteiger charge is 2.06. The lowest BCUT2D eigenvalue weighted by atomic mass is 10.2. The predicted octanol–water partition coefficient (Wildman–Crippen LogP) is 3.83. The number of aromatic nitrogens is 1. The molecule has 0 fully saturated rings. The zero-order valence-electron chi connectivity index (χ0n) is 15.4. The number of pyridine rings is 1. The summed E-state index contributed by atoms with van der Waals surface area (Å²) >= 11 is 0. The van der Waals surface area contributed by atoms with Crippen LogP contribution >= 0.6 is 0 Å². The molecule has 0 radical (unpaired) electrons. The molecule has 0 aliphatic rings. The number of nitrogens with two attached hydrogens (primary N) is 1. The molecular formula is C22H24N4O. The summed E-state index contributed by atoms with van der Waals surface area (Å²) in [5.74, 6) is 2.05. The fourth-order valence-electron chi connectivity index (χ4n) is 2.61. The van der Waals surface area contributed by atoms with Gasteiger partial charge in [-0.1, -0.05) is 42.5 Å².